The fourth-order valence-electron chi connectivity index (χ4n) is 1.49. The van der Waals surface area contributed by atoms with Gasteiger partial charge in [0.15, 0.2) is 0 Å². The predicted molar refractivity (Wildman–Crippen MR) is 74.5 cm³/mol. The molecule has 1 rings (SSSR count). The van der Waals surface area contributed by atoms with Crippen molar-refractivity contribution < 1.29 is 8.42 Å². The molecule has 0 amide bonds. The fourth-order valence-corrected chi connectivity index (χ4v) is 2.30. The maximum atomic E-state index is 11.8. The molecule has 0 heterocycles. The van der Waals surface area contributed by atoms with Gasteiger partial charge in [-0.1, -0.05) is 18.2 Å². The van der Waals surface area contributed by atoms with Crippen molar-refractivity contribution in [3.63, 3.8) is 0 Å². The van der Waals surface area contributed by atoms with Gasteiger partial charge >= 0.3 is 0 Å². The van der Waals surface area contributed by atoms with E-state index in [1.807, 2.05) is 6.07 Å². The molecule has 6 heteroatoms. The molecule has 102 valence electrons. The van der Waals surface area contributed by atoms with E-state index in [0.29, 0.717) is 12.0 Å². The standard InChI is InChI=1S/C13H17N3O2S/c1-4-5-13(15-19(17,18)16(2)3)12-8-6-11(10-14)7-9-12/h4,6-9,13,15H,1,5H2,2-3H3. The summed E-state index contributed by atoms with van der Waals surface area (Å²) in [6.07, 6.45) is 2.13. The largest absolute Gasteiger partial charge is 0.279 e. The molecule has 0 fully saturated rings. The summed E-state index contributed by atoms with van der Waals surface area (Å²) in [4.78, 5) is 0. The highest BCUT2D eigenvalue weighted by Crippen LogP contribution is 2.19. The molecule has 1 N–H and O–H groups in total. The fraction of sp³-hybridized carbons (Fsp3) is 0.308. The van der Waals surface area contributed by atoms with Gasteiger partial charge in [-0.2, -0.15) is 22.7 Å². The minimum absolute atomic E-state index is 0.391. The molecule has 19 heavy (non-hydrogen) atoms. The van der Waals surface area contributed by atoms with Crippen molar-refractivity contribution >= 4 is 10.2 Å². The molecule has 0 spiro atoms. The zero-order valence-corrected chi connectivity index (χ0v) is 11.8. The van der Waals surface area contributed by atoms with Crippen LogP contribution < -0.4 is 4.72 Å². The van der Waals surface area contributed by atoms with E-state index in [-0.39, 0.29) is 0 Å². The van der Waals surface area contributed by atoms with Crippen molar-refractivity contribution in [2.45, 2.75) is 12.5 Å². The van der Waals surface area contributed by atoms with Gasteiger partial charge < -0.3 is 0 Å². The third kappa shape index (κ3) is 4.17. The lowest BCUT2D eigenvalue weighted by Crippen LogP contribution is -2.37. The molecule has 0 aliphatic carbocycles. The Balaban J connectivity index is 3.00. The van der Waals surface area contributed by atoms with Crippen molar-refractivity contribution in [3.8, 4) is 6.07 Å². The molecule has 5 nitrogen and oxygen atoms in total. The van der Waals surface area contributed by atoms with Crippen molar-refractivity contribution in [2.75, 3.05) is 14.1 Å². The molecule has 0 aliphatic heterocycles. The monoisotopic (exact) mass is 279 g/mol. The summed E-state index contributed by atoms with van der Waals surface area (Å²) in [7, 11) is -0.584. The zero-order chi connectivity index (χ0) is 14.5. The van der Waals surface area contributed by atoms with Crippen molar-refractivity contribution in [1.29, 1.82) is 5.26 Å². The van der Waals surface area contributed by atoms with Crippen molar-refractivity contribution in [2.24, 2.45) is 0 Å². The van der Waals surface area contributed by atoms with Crippen LogP contribution in [0.25, 0.3) is 0 Å². The Morgan fingerprint density at radius 1 is 1.42 bits per heavy atom. The van der Waals surface area contributed by atoms with Crippen LogP contribution in [0.4, 0.5) is 0 Å². The Kier molecular flexibility index (Phi) is 5.24. The molecule has 1 aromatic rings. The van der Waals surface area contributed by atoms with E-state index in [1.165, 1.54) is 14.1 Å². The number of rotatable bonds is 6. The minimum Gasteiger partial charge on any atom is -0.195 e. The van der Waals surface area contributed by atoms with Crippen LogP contribution in [0.3, 0.4) is 0 Å². The summed E-state index contributed by atoms with van der Waals surface area (Å²) in [5.74, 6) is 0. The normalized spacial score (nSPS) is 12.9. The molecule has 1 aromatic carbocycles. The molecule has 1 atom stereocenters. The molecule has 0 radical (unpaired) electrons. The van der Waals surface area contributed by atoms with Crippen molar-refractivity contribution in [3.05, 3.63) is 48.0 Å². The van der Waals surface area contributed by atoms with E-state index in [1.54, 1.807) is 30.3 Å². The quantitative estimate of drug-likeness (QED) is 0.803. The SMILES string of the molecule is C=CCC(NS(=O)(=O)N(C)C)c1ccc(C#N)cc1. The van der Waals surface area contributed by atoms with Crippen LogP contribution in [0.5, 0.6) is 0 Å². The van der Waals surface area contributed by atoms with Crippen LogP contribution in [0.1, 0.15) is 23.6 Å². The third-order valence-electron chi connectivity index (χ3n) is 2.62. The number of benzene rings is 1. The predicted octanol–water partition coefficient (Wildman–Crippen LogP) is 1.57. The third-order valence-corrected chi connectivity index (χ3v) is 4.16. The van der Waals surface area contributed by atoms with Gasteiger partial charge in [0.25, 0.3) is 10.2 Å². The van der Waals surface area contributed by atoms with E-state index in [9.17, 15) is 8.42 Å². The average Bonchev–Trinajstić information content (AvgIpc) is 2.38. The number of hydrogen-bond donors (Lipinski definition) is 1. The Morgan fingerprint density at radius 2 is 2.00 bits per heavy atom. The lowest BCUT2D eigenvalue weighted by molar-refractivity contribution is 0.489. The van der Waals surface area contributed by atoms with E-state index in [0.717, 1.165) is 9.87 Å². The van der Waals surface area contributed by atoms with Crippen LogP contribution >= 0.6 is 0 Å². The summed E-state index contributed by atoms with van der Waals surface area (Å²) in [6, 6.07) is 8.44. The molecule has 0 aliphatic rings. The smallest absolute Gasteiger partial charge is 0.195 e. The maximum absolute atomic E-state index is 11.8. The van der Waals surface area contributed by atoms with E-state index >= 15 is 0 Å². The first-order valence-electron chi connectivity index (χ1n) is 5.71. The summed E-state index contributed by atoms with van der Waals surface area (Å²) in [5.41, 5.74) is 1.33. The topological polar surface area (TPSA) is 73.2 Å². The Labute approximate surface area is 114 Å². The van der Waals surface area contributed by atoms with Crippen molar-refractivity contribution in [1.82, 2.24) is 9.03 Å². The van der Waals surface area contributed by atoms with E-state index < -0.39 is 16.3 Å². The molecule has 0 saturated heterocycles. The van der Waals surface area contributed by atoms with Gasteiger partial charge in [-0.15, -0.1) is 6.58 Å². The summed E-state index contributed by atoms with van der Waals surface area (Å²) >= 11 is 0. The van der Waals surface area contributed by atoms with Crippen LogP contribution in [0, 0.1) is 11.3 Å². The van der Waals surface area contributed by atoms with Gasteiger partial charge in [-0.3, -0.25) is 0 Å². The second-order valence-corrected chi connectivity index (χ2v) is 6.13. The van der Waals surface area contributed by atoms with Crippen LogP contribution in [0.2, 0.25) is 0 Å². The number of nitrogens with zero attached hydrogens (tertiary/aromatic N) is 2. The van der Waals surface area contributed by atoms with Gasteiger partial charge in [0.05, 0.1) is 17.7 Å². The number of nitrogens with one attached hydrogen (secondary N) is 1. The average molecular weight is 279 g/mol. The Bertz CT molecular complexity index is 571. The van der Waals surface area contributed by atoms with Gasteiger partial charge in [-0.25, -0.2) is 0 Å². The molecule has 0 bridgehead atoms. The van der Waals surface area contributed by atoms with Crippen LogP contribution in [-0.4, -0.2) is 26.8 Å². The lowest BCUT2D eigenvalue weighted by Gasteiger charge is -2.20. The Hall–Kier alpha value is -1.68. The minimum atomic E-state index is -3.51. The molecular weight excluding hydrogens is 262 g/mol. The Morgan fingerprint density at radius 3 is 2.42 bits per heavy atom. The highest BCUT2D eigenvalue weighted by Gasteiger charge is 2.20. The zero-order valence-electron chi connectivity index (χ0n) is 11.0. The van der Waals surface area contributed by atoms with Gasteiger partial charge in [0, 0.05) is 14.1 Å². The number of nitriles is 1. The first-order valence-corrected chi connectivity index (χ1v) is 7.15. The lowest BCUT2D eigenvalue weighted by atomic mass is 10.0. The van der Waals surface area contributed by atoms with Gasteiger partial charge in [-0.05, 0) is 24.1 Å². The van der Waals surface area contributed by atoms with Crippen LogP contribution in [0.15, 0.2) is 36.9 Å². The summed E-state index contributed by atoms with van der Waals surface area (Å²) < 4.78 is 27.4. The van der Waals surface area contributed by atoms with E-state index in [4.69, 9.17) is 5.26 Å². The molecule has 0 aromatic heterocycles. The first kappa shape index (κ1) is 15.4. The first-order chi connectivity index (χ1) is 8.90. The highest BCUT2D eigenvalue weighted by molar-refractivity contribution is 7.87. The molecular formula is C13H17N3O2S. The summed E-state index contributed by atoms with van der Waals surface area (Å²) in [6.45, 7) is 3.63. The van der Waals surface area contributed by atoms with E-state index in [2.05, 4.69) is 11.3 Å². The summed E-state index contributed by atoms with van der Waals surface area (Å²) in [5, 5.41) is 8.75. The molecule has 1 unspecified atom stereocenters. The second-order valence-electron chi connectivity index (χ2n) is 4.22. The van der Waals surface area contributed by atoms with Gasteiger partial charge in [0.2, 0.25) is 0 Å². The van der Waals surface area contributed by atoms with Crippen LogP contribution in [-0.2, 0) is 10.2 Å². The molecule has 0 saturated carbocycles. The number of hydrogen-bond acceptors (Lipinski definition) is 3. The maximum Gasteiger partial charge on any atom is 0.279 e. The van der Waals surface area contributed by atoms with Gasteiger partial charge in [0.1, 0.15) is 0 Å². The highest BCUT2D eigenvalue weighted by atomic mass is 32.2. The second kappa shape index (κ2) is 6.48.